The van der Waals surface area contributed by atoms with Gasteiger partial charge in [0.05, 0.1) is 15.6 Å². The van der Waals surface area contributed by atoms with Crippen molar-refractivity contribution in [3.05, 3.63) is 91.7 Å². The second-order valence-corrected chi connectivity index (χ2v) is 9.07. The molecule has 34 heavy (non-hydrogen) atoms. The Labute approximate surface area is 208 Å². The average molecular weight is 530 g/mol. The van der Waals surface area contributed by atoms with Gasteiger partial charge in [-0.15, -0.1) is 0 Å². The molecule has 1 aliphatic rings. The molecule has 1 aliphatic heterocycles. The lowest BCUT2D eigenvalue weighted by Gasteiger charge is -2.32. The summed E-state index contributed by atoms with van der Waals surface area (Å²) < 4.78 is 41.5. The van der Waals surface area contributed by atoms with Crippen molar-refractivity contribution in [1.82, 2.24) is 14.7 Å². The molecule has 0 bridgehead atoms. The Kier molecular flexibility index (Phi) is 6.59. The SMILES string of the molecule is CC1=C(C(=O)N(C)Cc2ccccc2Cl)C(c2ccc(Cl)c(Cl)c2)n2nc(C(F)(F)F)cc2N1. The summed E-state index contributed by atoms with van der Waals surface area (Å²) in [6.45, 7) is 1.83. The smallest absolute Gasteiger partial charge is 0.344 e. The first-order chi connectivity index (χ1) is 16.0. The second-order valence-electron chi connectivity index (χ2n) is 7.85. The number of likely N-dealkylation sites (N-methyl/N-ethyl adjacent to an activating group) is 1. The number of fused-ring (bicyclic) bond motifs is 1. The number of allylic oxidation sites excluding steroid dienone is 1. The molecule has 0 spiro atoms. The van der Waals surface area contributed by atoms with Crippen molar-refractivity contribution in [3.63, 3.8) is 0 Å². The summed E-state index contributed by atoms with van der Waals surface area (Å²) in [6.07, 6.45) is -4.66. The molecule has 4 rings (SSSR count). The van der Waals surface area contributed by atoms with Crippen molar-refractivity contribution in [2.24, 2.45) is 0 Å². The van der Waals surface area contributed by atoms with Crippen molar-refractivity contribution in [2.75, 3.05) is 12.4 Å². The van der Waals surface area contributed by atoms with Crippen LogP contribution in [-0.4, -0.2) is 27.6 Å². The summed E-state index contributed by atoms with van der Waals surface area (Å²) in [7, 11) is 1.59. The van der Waals surface area contributed by atoms with Crippen LogP contribution in [-0.2, 0) is 17.5 Å². The quantitative estimate of drug-likeness (QED) is 0.404. The number of alkyl halides is 3. The normalized spacial score (nSPS) is 15.7. The summed E-state index contributed by atoms with van der Waals surface area (Å²) >= 11 is 18.5. The number of carbonyl (C=O) groups is 1. The third-order valence-corrected chi connectivity index (χ3v) is 6.57. The summed E-state index contributed by atoms with van der Waals surface area (Å²) in [5.41, 5.74) is 0.728. The van der Waals surface area contributed by atoms with E-state index in [1.165, 1.54) is 17.0 Å². The highest BCUT2D eigenvalue weighted by Crippen LogP contribution is 2.41. The highest BCUT2D eigenvalue weighted by Gasteiger charge is 2.40. The van der Waals surface area contributed by atoms with Crippen LogP contribution in [0.5, 0.6) is 0 Å². The van der Waals surface area contributed by atoms with Crippen LogP contribution in [0.25, 0.3) is 0 Å². The van der Waals surface area contributed by atoms with Gasteiger partial charge in [0.2, 0.25) is 0 Å². The van der Waals surface area contributed by atoms with Gasteiger partial charge in [-0.3, -0.25) is 4.79 Å². The Hall–Kier alpha value is -2.68. The average Bonchev–Trinajstić information content (AvgIpc) is 3.20. The number of anilines is 1. The van der Waals surface area contributed by atoms with E-state index in [-0.39, 0.29) is 28.0 Å². The first kappa shape index (κ1) is 24.4. The fourth-order valence-corrected chi connectivity index (χ4v) is 4.34. The van der Waals surface area contributed by atoms with Crippen LogP contribution in [0.15, 0.2) is 59.8 Å². The maximum absolute atomic E-state index is 13.6. The number of hydrogen-bond donors (Lipinski definition) is 1. The number of nitrogens with zero attached hydrogens (tertiary/aromatic N) is 3. The lowest BCUT2D eigenvalue weighted by molar-refractivity contribution is -0.141. The van der Waals surface area contributed by atoms with Crippen LogP contribution in [0, 0.1) is 0 Å². The standard InChI is InChI=1S/C23H18Cl3F3N4O/c1-12-20(22(34)32(2)11-14-5-3-4-6-15(14)24)21(13-7-8-16(25)17(26)9-13)33-19(30-12)10-18(31-33)23(27,28)29/h3-10,21,30H,11H2,1-2H3. The van der Waals surface area contributed by atoms with E-state index in [0.29, 0.717) is 16.3 Å². The number of aromatic nitrogens is 2. The molecule has 0 radical (unpaired) electrons. The lowest BCUT2D eigenvalue weighted by atomic mass is 9.94. The van der Waals surface area contributed by atoms with Gasteiger partial charge in [0.1, 0.15) is 11.9 Å². The van der Waals surface area contributed by atoms with E-state index < -0.39 is 23.8 Å². The number of halogens is 6. The number of benzene rings is 2. The summed E-state index contributed by atoms with van der Waals surface area (Å²) in [4.78, 5) is 15.1. The minimum Gasteiger partial charge on any atom is -0.344 e. The number of rotatable bonds is 4. The van der Waals surface area contributed by atoms with Gasteiger partial charge < -0.3 is 10.2 Å². The molecule has 3 aromatic rings. The van der Waals surface area contributed by atoms with Crippen molar-refractivity contribution < 1.29 is 18.0 Å². The number of carbonyl (C=O) groups excluding carboxylic acids is 1. The molecule has 0 aliphatic carbocycles. The molecule has 1 atom stereocenters. The van der Waals surface area contributed by atoms with Gasteiger partial charge in [0.25, 0.3) is 5.91 Å². The molecular formula is C23H18Cl3F3N4O. The summed E-state index contributed by atoms with van der Waals surface area (Å²) in [6, 6.07) is 11.7. The van der Waals surface area contributed by atoms with E-state index in [1.54, 1.807) is 44.3 Å². The maximum atomic E-state index is 13.6. The van der Waals surface area contributed by atoms with Crippen molar-refractivity contribution >= 4 is 46.5 Å². The first-order valence-electron chi connectivity index (χ1n) is 10.1. The van der Waals surface area contributed by atoms with E-state index in [9.17, 15) is 18.0 Å². The third-order valence-electron chi connectivity index (χ3n) is 5.47. The molecule has 5 nitrogen and oxygen atoms in total. The van der Waals surface area contributed by atoms with Crippen molar-refractivity contribution in [2.45, 2.75) is 25.7 Å². The third kappa shape index (κ3) is 4.62. The largest absolute Gasteiger partial charge is 0.435 e. The van der Waals surface area contributed by atoms with Crippen molar-refractivity contribution in [3.8, 4) is 0 Å². The van der Waals surface area contributed by atoms with Gasteiger partial charge in [-0.2, -0.15) is 18.3 Å². The van der Waals surface area contributed by atoms with Crippen LogP contribution in [0.3, 0.4) is 0 Å². The highest BCUT2D eigenvalue weighted by molar-refractivity contribution is 6.42. The van der Waals surface area contributed by atoms with Crippen LogP contribution in [0.1, 0.15) is 29.8 Å². The Balaban J connectivity index is 1.80. The first-order valence-corrected chi connectivity index (χ1v) is 11.2. The number of nitrogens with one attached hydrogen (secondary N) is 1. The molecule has 1 unspecified atom stereocenters. The number of amides is 1. The Morgan fingerprint density at radius 3 is 2.44 bits per heavy atom. The monoisotopic (exact) mass is 528 g/mol. The molecule has 2 aromatic carbocycles. The zero-order chi connectivity index (χ0) is 24.8. The van der Waals surface area contributed by atoms with E-state index >= 15 is 0 Å². The van der Waals surface area contributed by atoms with Crippen LogP contribution < -0.4 is 5.32 Å². The van der Waals surface area contributed by atoms with Gasteiger partial charge >= 0.3 is 6.18 Å². The highest BCUT2D eigenvalue weighted by atomic mass is 35.5. The zero-order valence-corrected chi connectivity index (χ0v) is 20.2. The molecule has 2 heterocycles. The summed E-state index contributed by atoms with van der Waals surface area (Å²) in [5, 5.41) is 7.65. The predicted molar refractivity (Wildman–Crippen MR) is 126 cm³/mol. The predicted octanol–water partition coefficient (Wildman–Crippen LogP) is 6.81. The lowest BCUT2D eigenvalue weighted by Crippen LogP contribution is -2.36. The molecule has 1 aromatic heterocycles. The maximum Gasteiger partial charge on any atom is 0.435 e. The fourth-order valence-electron chi connectivity index (χ4n) is 3.84. The Bertz CT molecular complexity index is 1300. The molecule has 11 heteroatoms. The zero-order valence-electron chi connectivity index (χ0n) is 17.9. The molecule has 1 N–H and O–H groups in total. The fraction of sp³-hybridized carbons (Fsp3) is 0.217. The molecule has 1 amide bonds. The molecule has 0 fully saturated rings. The van der Waals surface area contributed by atoms with Gasteiger partial charge in [-0.1, -0.05) is 59.1 Å². The molecular weight excluding hydrogens is 512 g/mol. The molecule has 0 saturated heterocycles. The molecule has 0 saturated carbocycles. The van der Waals surface area contributed by atoms with Crippen LogP contribution in [0.4, 0.5) is 19.0 Å². The van der Waals surface area contributed by atoms with E-state index in [1.807, 2.05) is 0 Å². The van der Waals surface area contributed by atoms with E-state index in [4.69, 9.17) is 34.8 Å². The Morgan fingerprint density at radius 1 is 1.09 bits per heavy atom. The van der Waals surface area contributed by atoms with Gasteiger partial charge in [-0.05, 0) is 36.2 Å². The second kappa shape index (κ2) is 9.17. The minimum absolute atomic E-state index is 0.103. The van der Waals surface area contributed by atoms with E-state index in [0.717, 1.165) is 16.3 Å². The van der Waals surface area contributed by atoms with Gasteiger partial charge in [0.15, 0.2) is 5.69 Å². The van der Waals surface area contributed by atoms with E-state index in [2.05, 4.69) is 10.4 Å². The topological polar surface area (TPSA) is 50.2 Å². The minimum atomic E-state index is -4.66. The summed E-state index contributed by atoms with van der Waals surface area (Å²) in [5.74, 6) is -0.304. The van der Waals surface area contributed by atoms with Gasteiger partial charge in [-0.25, -0.2) is 4.68 Å². The van der Waals surface area contributed by atoms with Crippen molar-refractivity contribution in [1.29, 1.82) is 0 Å². The Morgan fingerprint density at radius 2 is 1.79 bits per heavy atom. The van der Waals surface area contributed by atoms with Crippen LogP contribution >= 0.6 is 34.8 Å². The van der Waals surface area contributed by atoms with Crippen LogP contribution in [0.2, 0.25) is 15.1 Å². The number of hydrogen-bond acceptors (Lipinski definition) is 3. The van der Waals surface area contributed by atoms with Gasteiger partial charge in [0, 0.05) is 30.4 Å². The molecule has 178 valence electrons.